The van der Waals surface area contributed by atoms with Gasteiger partial charge < -0.3 is 34.2 Å². The summed E-state index contributed by atoms with van der Waals surface area (Å²) in [6.45, 7) is 5.72. The van der Waals surface area contributed by atoms with Gasteiger partial charge in [0.1, 0.15) is 35.1 Å². The number of carbonyl (C=O) groups is 3. The molecule has 12 heteroatoms. The third-order valence-corrected chi connectivity index (χ3v) is 8.03. The molecule has 0 spiro atoms. The average Bonchev–Trinajstić information content (AvgIpc) is 3.36. The number of oxazole rings is 1. The van der Waals surface area contributed by atoms with Crippen molar-refractivity contribution >= 4 is 18.0 Å². The minimum atomic E-state index is -1.10. The molecule has 2 heterocycles. The van der Waals surface area contributed by atoms with E-state index in [2.05, 4.69) is 16.3 Å². The van der Waals surface area contributed by atoms with Crippen molar-refractivity contribution in [3.05, 3.63) is 121 Å². The zero-order valence-corrected chi connectivity index (χ0v) is 28.9. The second-order valence-corrected chi connectivity index (χ2v) is 11.5. The first-order valence-corrected chi connectivity index (χ1v) is 16.4. The van der Waals surface area contributed by atoms with Crippen LogP contribution in [0.5, 0.6) is 17.2 Å². The number of carboxylic acids is 1. The molecule has 5 rings (SSSR count). The van der Waals surface area contributed by atoms with Crippen molar-refractivity contribution in [3.63, 3.8) is 0 Å². The number of nitrogens with two attached hydrogens (primary N) is 1. The van der Waals surface area contributed by atoms with E-state index in [0.29, 0.717) is 49.0 Å². The Morgan fingerprint density at radius 2 is 1.63 bits per heavy atom. The molecule has 1 amide bonds. The number of aromatic nitrogens is 1. The molecule has 268 valence electrons. The Labute approximate surface area is 297 Å². The zero-order chi connectivity index (χ0) is 36.8. The maximum atomic E-state index is 13.4. The number of benzene rings is 3. The Morgan fingerprint density at radius 1 is 0.980 bits per heavy atom. The zero-order valence-electron chi connectivity index (χ0n) is 28.9. The van der Waals surface area contributed by atoms with Crippen LogP contribution >= 0.6 is 0 Å². The molecule has 4 aromatic rings. The van der Waals surface area contributed by atoms with Crippen LogP contribution in [0.1, 0.15) is 42.3 Å². The van der Waals surface area contributed by atoms with Crippen LogP contribution in [0.15, 0.2) is 108 Å². The summed E-state index contributed by atoms with van der Waals surface area (Å²) in [5.74, 6) is 1.40. The van der Waals surface area contributed by atoms with Crippen LogP contribution in [0.4, 0.5) is 4.79 Å². The molecule has 1 aliphatic rings. The van der Waals surface area contributed by atoms with E-state index < -0.39 is 36.2 Å². The van der Waals surface area contributed by atoms with E-state index in [4.69, 9.17) is 24.4 Å². The lowest BCUT2D eigenvalue weighted by atomic mass is 10.0. The summed E-state index contributed by atoms with van der Waals surface area (Å²) >= 11 is 0. The molecule has 1 aromatic heterocycles. The Balaban J connectivity index is 0.000000573. The smallest absolute Gasteiger partial charge is 0.416 e. The minimum Gasteiger partial charge on any atom is -0.497 e. The van der Waals surface area contributed by atoms with E-state index >= 15 is 0 Å². The fourth-order valence-corrected chi connectivity index (χ4v) is 5.31. The van der Waals surface area contributed by atoms with Gasteiger partial charge >= 0.3 is 18.0 Å². The van der Waals surface area contributed by atoms with Crippen molar-refractivity contribution in [1.82, 2.24) is 9.88 Å². The molecule has 0 fully saturated rings. The first-order chi connectivity index (χ1) is 24.6. The van der Waals surface area contributed by atoms with Crippen LogP contribution in [-0.2, 0) is 20.7 Å². The van der Waals surface area contributed by atoms with Crippen LogP contribution < -0.4 is 19.9 Å². The molecule has 1 unspecified atom stereocenters. The summed E-state index contributed by atoms with van der Waals surface area (Å²) in [6.07, 6.45) is 6.19. The van der Waals surface area contributed by atoms with E-state index in [1.165, 1.54) is 12.0 Å². The highest BCUT2D eigenvalue weighted by Crippen LogP contribution is 2.33. The molecule has 0 aliphatic carbocycles. The number of aryl methyl sites for hydroxylation is 1. The maximum Gasteiger partial charge on any atom is 0.416 e. The van der Waals surface area contributed by atoms with Gasteiger partial charge in [0.25, 0.3) is 0 Å². The van der Waals surface area contributed by atoms with Gasteiger partial charge in [-0.3, -0.25) is 9.69 Å². The first-order valence-electron chi connectivity index (χ1n) is 16.4. The molecule has 1 aliphatic heterocycles. The summed E-state index contributed by atoms with van der Waals surface area (Å²) in [6, 6.07) is 21.4. The molecule has 51 heavy (non-hydrogen) atoms. The van der Waals surface area contributed by atoms with Crippen molar-refractivity contribution in [2.75, 3.05) is 20.8 Å². The molecule has 0 radical (unpaired) electrons. The highest BCUT2D eigenvalue weighted by atomic mass is 16.6. The Morgan fingerprint density at radius 3 is 2.25 bits per heavy atom. The van der Waals surface area contributed by atoms with Gasteiger partial charge in [0.05, 0.1) is 32.6 Å². The van der Waals surface area contributed by atoms with Gasteiger partial charge in [-0.15, -0.1) is 6.58 Å². The molecule has 0 bridgehead atoms. The van der Waals surface area contributed by atoms with Crippen molar-refractivity contribution in [1.29, 1.82) is 0 Å². The van der Waals surface area contributed by atoms with Crippen molar-refractivity contribution in [2.24, 2.45) is 5.73 Å². The van der Waals surface area contributed by atoms with Gasteiger partial charge in [-0.05, 0) is 80.3 Å². The number of nitrogens with zero attached hydrogens (tertiary/aromatic N) is 2. The summed E-state index contributed by atoms with van der Waals surface area (Å²) in [7, 11) is 2.86. The molecule has 3 atom stereocenters. The molecule has 3 N–H and O–H groups in total. The largest absolute Gasteiger partial charge is 0.497 e. The Hall–Kier alpha value is -5.88. The standard InChI is InChI=1S/C33H32N2O7.C6H11NO2/c1-22-28(34-31(41-22)24-8-4-3-5-9-24)20-21-40-26-14-12-23(13-15-26)29-10-6-7-11-30(32(36)37)35(29)33(38)42-27-18-16-25(39-2)17-19-27;1-3-4-5(7)6(8)9-2/h3-9,12-19,29-30H,10-11,20-21H2,1-2H3,(H,36,37);3,5H,1,4,7H2,2H3/t29-,30-;/m0./s1. The second kappa shape index (κ2) is 18.8. The summed E-state index contributed by atoms with van der Waals surface area (Å²) in [5, 5.41) is 9.97. The molecule has 12 nitrogen and oxygen atoms in total. The number of hydrogen-bond acceptors (Lipinski definition) is 10. The minimum absolute atomic E-state index is 0.179. The molecule has 3 aromatic carbocycles. The van der Waals surface area contributed by atoms with Crippen molar-refractivity contribution in [2.45, 2.75) is 50.7 Å². The molecular weight excluding hydrogens is 654 g/mol. The first kappa shape index (κ1) is 37.9. The van der Waals surface area contributed by atoms with Crippen molar-refractivity contribution in [3.8, 4) is 28.7 Å². The van der Waals surface area contributed by atoms with Gasteiger partial charge in [0.15, 0.2) is 0 Å². The third-order valence-electron chi connectivity index (χ3n) is 8.03. The monoisotopic (exact) mass is 697 g/mol. The molecule has 0 saturated heterocycles. The SMILES string of the molecule is C=CCC(N)C(=O)OC.COc1ccc(OC(=O)N2[C@H](C(=O)O)CC=CC[C@H]2c2ccc(OCCc3nc(-c4ccccc4)oc3C)cc2)cc1. The predicted molar refractivity (Wildman–Crippen MR) is 191 cm³/mol. The number of aliphatic carboxylic acids is 1. The molecule has 0 saturated carbocycles. The van der Waals surface area contributed by atoms with Crippen LogP contribution in [0.3, 0.4) is 0 Å². The summed E-state index contributed by atoms with van der Waals surface area (Å²) in [5.41, 5.74) is 7.82. The predicted octanol–water partition coefficient (Wildman–Crippen LogP) is 6.69. The fourth-order valence-electron chi connectivity index (χ4n) is 5.31. The summed E-state index contributed by atoms with van der Waals surface area (Å²) in [4.78, 5) is 42.0. The van der Waals surface area contributed by atoms with Gasteiger partial charge in [-0.25, -0.2) is 14.6 Å². The van der Waals surface area contributed by atoms with Gasteiger partial charge in [0.2, 0.25) is 5.89 Å². The highest BCUT2D eigenvalue weighted by molar-refractivity contribution is 5.82. The van der Waals surface area contributed by atoms with E-state index in [1.54, 1.807) is 43.5 Å². The van der Waals surface area contributed by atoms with Crippen LogP contribution in [0, 0.1) is 6.92 Å². The number of methoxy groups -OCH3 is 2. The number of carbonyl (C=O) groups excluding carboxylic acids is 2. The number of rotatable bonds is 12. The number of carboxylic acid groups (broad SMARTS) is 1. The number of esters is 1. The number of hydrogen-bond donors (Lipinski definition) is 2. The lowest BCUT2D eigenvalue weighted by Gasteiger charge is -2.33. The Kier molecular flexibility index (Phi) is 14.0. The average molecular weight is 698 g/mol. The molecular formula is C39H43N3O9. The maximum absolute atomic E-state index is 13.4. The lowest BCUT2D eigenvalue weighted by Crippen LogP contribution is -2.47. The lowest BCUT2D eigenvalue weighted by molar-refractivity contribution is -0.143. The number of ether oxygens (including phenoxy) is 4. The normalized spacial score (nSPS) is 15.7. The summed E-state index contributed by atoms with van der Waals surface area (Å²) < 4.78 is 26.9. The van der Waals surface area contributed by atoms with E-state index in [0.717, 1.165) is 22.6 Å². The van der Waals surface area contributed by atoms with Crippen molar-refractivity contribution < 1.29 is 42.9 Å². The van der Waals surface area contributed by atoms with E-state index in [-0.39, 0.29) is 6.42 Å². The van der Waals surface area contributed by atoms with Crippen LogP contribution in [-0.4, -0.2) is 65.9 Å². The van der Waals surface area contributed by atoms with Gasteiger partial charge in [-0.2, -0.15) is 0 Å². The van der Waals surface area contributed by atoms with E-state index in [1.807, 2.05) is 67.6 Å². The quantitative estimate of drug-likeness (QED) is 0.120. The second-order valence-electron chi connectivity index (χ2n) is 11.5. The third kappa shape index (κ3) is 10.6. The highest BCUT2D eigenvalue weighted by Gasteiger charge is 2.37. The fraction of sp³-hybridized carbons (Fsp3) is 0.282. The van der Waals surface area contributed by atoms with Gasteiger partial charge in [0, 0.05) is 12.0 Å². The van der Waals surface area contributed by atoms with E-state index in [9.17, 15) is 19.5 Å². The number of amides is 1. The topological polar surface area (TPSA) is 164 Å². The van der Waals surface area contributed by atoms with Crippen LogP contribution in [0.2, 0.25) is 0 Å². The van der Waals surface area contributed by atoms with Gasteiger partial charge in [-0.1, -0.05) is 48.6 Å². The van der Waals surface area contributed by atoms with Crippen LogP contribution in [0.25, 0.3) is 11.5 Å². The Bertz CT molecular complexity index is 1770.